The topological polar surface area (TPSA) is 124 Å². The number of aromatic hydroxyl groups is 1. The summed E-state index contributed by atoms with van der Waals surface area (Å²) < 4.78 is 7.13. The van der Waals surface area contributed by atoms with Crippen molar-refractivity contribution in [2.75, 3.05) is 6.26 Å². The van der Waals surface area contributed by atoms with Gasteiger partial charge < -0.3 is 9.84 Å². The molecular formula is C25H23N3O6S2. The Morgan fingerprint density at radius 1 is 1.28 bits per heavy atom. The van der Waals surface area contributed by atoms with Crippen molar-refractivity contribution in [1.29, 1.82) is 0 Å². The number of nitro groups is 1. The molecule has 1 aliphatic rings. The first-order valence-corrected chi connectivity index (χ1v) is 13.0. The molecule has 0 spiro atoms. The molecule has 9 nitrogen and oxygen atoms in total. The lowest BCUT2D eigenvalue weighted by Gasteiger charge is -2.25. The molecule has 3 aromatic rings. The van der Waals surface area contributed by atoms with Crippen molar-refractivity contribution in [2.24, 2.45) is 4.99 Å². The van der Waals surface area contributed by atoms with E-state index in [-0.39, 0.29) is 33.2 Å². The number of rotatable bonds is 6. The zero-order valence-electron chi connectivity index (χ0n) is 19.9. The van der Waals surface area contributed by atoms with Gasteiger partial charge in [-0.25, -0.2) is 9.79 Å². The number of carbonyl (C=O) groups is 1. The third-order valence-electron chi connectivity index (χ3n) is 5.52. The van der Waals surface area contributed by atoms with Gasteiger partial charge in [0.05, 0.1) is 32.9 Å². The first kappa shape index (κ1) is 25.4. The summed E-state index contributed by atoms with van der Waals surface area (Å²) >= 11 is 2.65. The van der Waals surface area contributed by atoms with Crippen molar-refractivity contribution in [3.63, 3.8) is 0 Å². The van der Waals surface area contributed by atoms with Crippen LogP contribution in [0, 0.1) is 10.1 Å². The Hall–Kier alpha value is -3.70. The number of allylic oxidation sites excluding steroid dienone is 1. The van der Waals surface area contributed by atoms with Crippen molar-refractivity contribution in [3.8, 4) is 5.75 Å². The van der Waals surface area contributed by atoms with Gasteiger partial charge in [0.15, 0.2) is 4.80 Å². The Bertz CT molecular complexity index is 1570. The smallest absolute Gasteiger partial charge is 0.338 e. The van der Waals surface area contributed by atoms with Crippen LogP contribution in [0.25, 0.3) is 6.08 Å². The van der Waals surface area contributed by atoms with Gasteiger partial charge in [0.25, 0.3) is 11.2 Å². The van der Waals surface area contributed by atoms with Crippen LogP contribution in [0.4, 0.5) is 5.69 Å². The molecule has 0 unspecified atom stereocenters. The summed E-state index contributed by atoms with van der Waals surface area (Å²) in [5.74, 6) is -0.760. The van der Waals surface area contributed by atoms with Crippen LogP contribution in [0.5, 0.6) is 5.75 Å². The molecule has 0 bridgehead atoms. The quantitative estimate of drug-likeness (QED) is 0.226. The molecule has 0 saturated carbocycles. The molecule has 0 aliphatic carbocycles. The maximum atomic E-state index is 13.6. The zero-order chi connectivity index (χ0) is 26.1. The second kappa shape index (κ2) is 10.1. The van der Waals surface area contributed by atoms with Gasteiger partial charge in [0.2, 0.25) is 0 Å². The lowest BCUT2D eigenvalue weighted by Crippen LogP contribution is -2.40. The third kappa shape index (κ3) is 4.84. The number of ether oxygens (including phenoxy) is 1. The van der Waals surface area contributed by atoms with Crippen LogP contribution in [0.15, 0.2) is 68.4 Å². The predicted molar refractivity (Wildman–Crippen MR) is 138 cm³/mol. The lowest BCUT2D eigenvalue weighted by molar-refractivity contribution is -0.384. The molecule has 1 aromatic heterocycles. The number of fused-ring (bicyclic) bond motifs is 1. The molecule has 0 radical (unpaired) electrons. The minimum Gasteiger partial charge on any atom is -0.507 e. The fraction of sp³-hybridized carbons (Fsp3) is 0.240. The fourth-order valence-corrected chi connectivity index (χ4v) is 5.32. The normalized spacial score (nSPS) is 15.6. The minimum atomic E-state index is -0.774. The van der Waals surface area contributed by atoms with Crippen LogP contribution in [0.1, 0.15) is 37.9 Å². The van der Waals surface area contributed by atoms with E-state index in [1.807, 2.05) is 30.5 Å². The minimum absolute atomic E-state index is 0.130. The van der Waals surface area contributed by atoms with Crippen LogP contribution in [-0.4, -0.2) is 32.9 Å². The van der Waals surface area contributed by atoms with Gasteiger partial charge in [-0.15, -0.1) is 11.8 Å². The highest BCUT2D eigenvalue weighted by molar-refractivity contribution is 7.98. The Morgan fingerprint density at radius 3 is 2.58 bits per heavy atom. The van der Waals surface area contributed by atoms with Gasteiger partial charge in [-0.3, -0.25) is 19.5 Å². The number of phenolic OH excluding ortho intramolecular Hbond substituents is 1. The maximum absolute atomic E-state index is 13.6. The van der Waals surface area contributed by atoms with Gasteiger partial charge in [-0.2, -0.15) is 0 Å². The molecule has 4 rings (SSSR count). The summed E-state index contributed by atoms with van der Waals surface area (Å²) in [5.41, 5.74) is 0.886. The highest BCUT2D eigenvalue weighted by Crippen LogP contribution is 2.32. The average Bonchev–Trinajstić information content (AvgIpc) is 3.13. The van der Waals surface area contributed by atoms with Gasteiger partial charge in [-0.05, 0) is 56.9 Å². The predicted octanol–water partition coefficient (Wildman–Crippen LogP) is 3.52. The number of nitro benzene ring substituents is 1. The van der Waals surface area contributed by atoms with Crippen LogP contribution in [0.2, 0.25) is 0 Å². The average molecular weight is 526 g/mol. The molecule has 11 heteroatoms. The molecule has 0 fully saturated rings. The van der Waals surface area contributed by atoms with Crippen molar-refractivity contribution in [3.05, 3.63) is 94.7 Å². The molecule has 0 saturated heterocycles. The molecule has 2 heterocycles. The van der Waals surface area contributed by atoms with Gasteiger partial charge in [-0.1, -0.05) is 23.5 Å². The van der Waals surface area contributed by atoms with Crippen LogP contribution < -0.4 is 14.9 Å². The number of thioether (sulfide) groups is 1. The number of phenols is 1. The first-order chi connectivity index (χ1) is 17.1. The third-order valence-corrected chi connectivity index (χ3v) is 7.25. The Morgan fingerprint density at radius 2 is 1.97 bits per heavy atom. The van der Waals surface area contributed by atoms with E-state index >= 15 is 0 Å². The SMILES string of the molecule is CSc1ccc([C@H]2C(C(=O)OC(C)C)=C(C)N=c3s/c(=C\c4cc([N+](=O)[O-])ccc4O)c(=O)n32)cc1. The summed E-state index contributed by atoms with van der Waals surface area (Å²) in [7, 11) is 0. The summed E-state index contributed by atoms with van der Waals surface area (Å²) in [4.78, 5) is 43.3. The van der Waals surface area contributed by atoms with Crippen LogP contribution in [-0.2, 0) is 9.53 Å². The standard InChI is InChI=1S/C25H23N3O6S2/c1-13(2)34-24(31)21-14(3)26-25-27(22(21)15-5-8-18(35-4)9-6-15)23(30)20(36-25)12-16-11-17(28(32)33)7-10-19(16)29/h5-13,22,29H,1-4H3/b20-12-/t22-/m0/s1. The second-order valence-corrected chi connectivity index (χ2v) is 10.2. The molecule has 36 heavy (non-hydrogen) atoms. The largest absolute Gasteiger partial charge is 0.507 e. The number of esters is 1. The highest BCUT2D eigenvalue weighted by Gasteiger charge is 2.33. The fourth-order valence-electron chi connectivity index (χ4n) is 3.87. The van der Waals surface area contributed by atoms with E-state index in [0.717, 1.165) is 16.2 Å². The van der Waals surface area contributed by atoms with E-state index in [2.05, 4.69) is 4.99 Å². The van der Waals surface area contributed by atoms with E-state index < -0.39 is 22.5 Å². The van der Waals surface area contributed by atoms with Crippen molar-refractivity contribution < 1.29 is 19.6 Å². The number of non-ortho nitro benzene ring substituents is 1. The molecule has 2 aromatic carbocycles. The number of benzene rings is 2. The number of hydrogen-bond donors (Lipinski definition) is 1. The van der Waals surface area contributed by atoms with Gasteiger partial charge in [0.1, 0.15) is 5.75 Å². The van der Waals surface area contributed by atoms with Gasteiger partial charge in [0, 0.05) is 22.6 Å². The summed E-state index contributed by atoms with van der Waals surface area (Å²) in [5, 5.41) is 21.4. The Balaban J connectivity index is 1.95. The zero-order valence-corrected chi connectivity index (χ0v) is 21.6. The molecule has 1 aliphatic heterocycles. The number of nitrogens with zero attached hydrogens (tertiary/aromatic N) is 3. The maximum Gasteiger partial charge on any atom is 0.338 e. The lowest BCUT2D eigenvalue weighted by atomic mass is 9.96. The van der Waals surface area contributed by atoms with E-state index in [4.69, 9.17) is 4.74 Å². The summed E-state index contributed by atoms with van der Waals surface area (Å²) in [6, 6.07) is 10.4. The molecule has 1 atom stereocenters. The number of aromatic nitrogens is 1. The summed E-state index contributed by atoms with van der Waals surface area (Å²) in [6.07, 6.45) is 2.99. The molecule has 0 amide bonds. The number of thiazole rings is 1. The highest BCUT2D eigenvalue weighted by atomic mass is 32.2. The van der Waals surface area contributed by atoms with E-state index in [0.29, 0.717) is 16.1 Å². The first-order valence-electron chi connectivity index (χ1n) is 11.0. The summed E-state index contributed by atoms with van der Waals surface area (Å²) in [6.45, 7) is 5.19. The van der Waals surface area contributed by atoms with E-state index in [9.17, 15) is 24.8 Å². The molecule has 1 N–H and O–H groups in total. The van der Waals surface area contributed by atoms with E-state index in [1.54, 1.807) is 32.5 Å². The van der Waals surface area contributed by atoms with Crippen molar-refractivity contribution in [2.45, 2.75) is 37.8 Å². The van der Waals surface area contributed by atoms with Crippen molar-refractivity contribution in [1.82, 2.24) is 4.57 Å². The Labute approximate surface area is 214 Å². The van der Waals surface area contributed by atoms with Gasteiger partial charge >= 0.3 is 5.97 Å². The van der Waals surface area contributed by atoms with E-state index in [1.165, 1.54) is 28.8 Å². The molecule has 186 valence electrons. The second-order valence-electron chi connectivity index (χ2n) is 8.31. The number of hydrogen-bond acceptors (Lipinski definition) is 9. The van der Waals surface area contributed by atoms with Crippen LogP contribution >= 0.6 is 23.1 Å². The number of carbonyl (C=O) groups excluding carboxylic acids is 1. The molecular weight excluding hydrogens is 502 g/mol. The Kier molecular flexibility index (Phi) is 7.14. The monoisotopic (exact) mass is 525 g/mol. The van der Waals surface area contributed by atoms with Crippen molar-refractivity contribution >= 4 is 40.8 Å². The van der Waals surface area contributed by atoms with Crippen LogP contribution in [0.3, 0.4) is 0 Å².